The first kappa shape index (κ1) is 37.5. The van der Waals surface area contributed by atoms with Crippen molar-refractivity contribution in [2.45, 2.75) is 194 Å². The Kier molecular flexibility index (Phi) is 24.3. The molecule has 0 aromatic heterocycles. The first-order valence-electron chi connectivity index (χ1n) is 19.3. The van der Waals surface area contributed by atoms with Crippen LogP contribution in [0.5, 0.6) is 0 Å². The third kappa shape index (κ3) is 19.4. The smallest absolute Gasteiger partial charge is 0.134 e. The van der Waals surface area contributed by atoms with Crippen LogP contribution in [0, 0.1) is 0 Å². The molecule has 0 saturated carbocycles. The molecule has 0 bridgehead atoms. The van der Waals surface area contributed by atoms with Gasteiger partial charge in [0.25, 0.3) is 0 Å². The molecule has 1 aliphatic heterocycles. The van der Waals surface area contributed by atoms with Crippen LogP contribution in [-0.4, -0.2) is 24.8 Å². The number of nitrogens with one attached hydrogen (secondary N) is 1. The van der Waals surface area contributed by atoms with Crippen LogP contribution in [0.3, 0.4) is 0 Å². The Morgan fingerprint density at radius 3 is 0.907 bits per heavy atom. The van der Waals surface area contributed by atoms with E-state index in [4.69, 9.17) is 9.98 Å². The van der Waals surface area contributed by atoms with Crippen LogP contribution in [0.15, 0.2) is 34.3 Å². The van der Waals surface area contributed by atoms with Gasteiger partial charge in [-0.2, -0.15) is 0 Å². The predicted molar refractivity (Wildman–Crippen MR) is 193 cm³/mol. The third-order valence-electron chi connectivity index (χ3n) is 9.24. The highest BCUT2D eigenvalue weighted by Crippen LogP contribution is 2.18. The Morgan fingerprint density at radius 2 is 0.628 bits per heavy atom. The lowest BCUT2D eigenvalue weighted by Gasteiger charge is -2.04. The van der Waals surface area contributed by atoms with Crippen LogP contribution >= 0.6 is 0 Å². The number of hydrogen-bond acceptors (Lipinski definition) is 2. The van der Waals surface area contributed by atoms with E-state index in [0.717, 1.165) is 24.8 Å². The highest BCUT2D eigenvalue weighted by atomic mass is 15.1. The van der Waals surface area contributed by atoms with Gasteiger partial charge in [-0.1, -0.05) is 205 Å². The fraction of sp³-hybridized carbons (Fsp3) is 0.800. The predicted octanol–water partition coefficient (Wildman–Crippen LogP) is 12.7. The quantitative estimate of drug-likeness (QED) is 0.0885. The summed E-state index contributed by atoms with van der Waals surface area (Å²) in [6.07, 6.45) is 39.1. The Balaban J connectivity index is 1.47. The Labute approximate surface area is 268 Å². The summed E-state index contributed by atoms with van der Waals surface area (Å²) in [4.78, 5) is 9.91. The van der Waals surface area contributed by atoms with Crippen LogP contribution < -0.4 is 5.32 Å². The molecule has 1 aromatic carbocycles. The molecule has 3 heteroatoms. The maximum atomic E-state index is 4.96. The van der Waals surface area contributed by atoms with Crippen molar-refractivity contribution in [2.24, 2.45) is 9.98 Å². The summed E-state index contributed by atoms with van der Waals surface area (Å²) in [6, 6.07) is 8.64. The van der Waals surface area contributed by atoms with E-state index >= 15 is 0 Å². The summed E-state index contributed by atoms with van der Waals surface area (Å²) >= 11 is 0. The van der Waals surface area contributed by atoms with E-state index in [1.807, 2.05) is 0 Å². The third-order valence-corrected chi connectivity index (χ3v) is 9.24. The highest BCUT2D eigenvalue weighted by molar-refractivity contribution is 6.25. The van der Waals surface area contributed by atoms with Crippen LogP contribution in [0.4, 0.5) is 0 Å². The SMILES string of the molecule is CCCCCCCCCCCCCCCCN=C1NC(=NCCCCCCCCCCCCCCCC)c2ccccc21. The highest BCUT2D eigenvalue weighted by Gasteiger charge is 2.22. The minimum absolute atomic E-state index is 0.918. The molecule has 0 saturated heterocycles. The molecule has 246 valence electrons. The summed E-state index contributed by atoms with van der Waals surface area (Å²) in [5, 5.41) is 3.56. The fourth-order valence-electron chi connectivity index (χ4n) is 6.39. The molecule has 0 fully saturated rings. The van der Waals surface area contributed by atoms with Gasteiger partial charge in [-0.3, -0.25) is 9.98 Å². The second-order valence-corrected chi connectivity index (χ2v) is 13.3. The van der Waals surface area contributed by atoms with Gasteiger partial charge in [0, 0.05) is 24.2 Å². The van der Waals surface area contributed by atoms with Crippen molar-refractivity contribution >= 4 is 11.7 Å². The minimum Gasteiger partial charge on any atom is -0.325 e. The van der Waals surface area contributed by atoms with Gasteiger partial charge < -0.3 is 5.32 Å². The second-order valence-electron chi connectivity index (χ2n) is 13.3. The van der Waals surface area contributed by atoms with E-state index in [0.29, 0.717) is 0 Å². The summed E-state index contributed by atoms with van der Waals surface area (Å²) in [5.74, 6) is 2.06. The van der Waals surface area contributed by atoms with Gasteiger partial charge in [-0.15, -0.1) is 0 Å². The van der Waals surface area contributed by atoms with Crippen LogP contribution in [-0.2, 0) is 0 Å². The Bertz CT molecular complexity index is 760. The summed E-state index contributed by atoms with van der Waals surface area (Å²) in [5.41, 5.74) is 2.46. The zero-order chi connectivity index (χ0) is 30.5. The van der Waals surface area contributed by atoms with E-state index in [2.05, 4.69) is 43.4 Å². The normalized spacial score (nSPS) is 14.6. The number of fused-ring (bicyclic) bond motifs is 1. The summed E-state index contributed by atoms with van der Waals surface area (Å²) < 4.78 is 0. The molecular formula is C40H71N3. The summed E-state index contributed by atoms with van der Waals surface area (Å²) in [6.45, 7) is 6.43. The Hall–Kier alpha value is -1.64. The van der Waals surface area contributed by atoms with E-state index < -0.39 is 0 Å². The standard InChI is InChI=1S/C40H71N3/c1-3-5-7-9-11-13-15-17-19-21-23-25-27-31-35-41-39-37-33-29-30-34-38(37)40(43-39)42-36-32-28-26-24-22-20-18-16-14-12-10-8-6-4-2/h29-30,33-34H,3-28,31-32,35-36H2,1-2H3,(H,41,42,43). The van der Waals surface area contributed by atoms with Crippen molar-refractivity contribution in [1.82, 2.24) is 5.32 Å². The largest absolute Gasteiger partial charge is 0.325 e. The molecule has 0 spiro atoms. The van der Waals surface area contributed by atoms with E-state index in [-0.39, 0.29) is 0 Å². The van der Waals surface area contributed by atoms with Crippen molar-refractivity contribution in [3.63, 3.8) is 0 Å². The number of aliphatic imine (C=N–C) groups is 2. The first-order chi connectivity index (χ1) is 21.4. The topological polar surface area (TPSA) is 36.8 Å². The van der Waals surface area contributed by atoms with Gasteiger partial charge in [0.15, 0.2) is 0 Å². The monoisotopic (exact) mass is 594 g/mol. The molecule has 0 unspecified atom stereocenters. The van der Waals surface area contributed by atoms with Gasteiger partial charge in [-0.05, 0) is 12.8 Å². The van der Waals surface area contributed by atoms with Gasteiger partial charge in [-0.25, -0.2) is 0 Å². The lowest BCUT2D eigenvalue weighted by Crippen LogP contribution is -2.23. The molecule has 1 aliphatic rings. The molecule has 0 amide bonds. The van der Waals surface area contributed by atoms with E-state index in [1.54, 1.807) is 0 Å². The molecule has 2 rings (SSSR count). The molecule has 3 nitrogen and oxygen atoms in total. The maximum absolute atomic E-state index is 4.96. The van der Waals surface area contributed by atoms with Crippen LogP contribution in [0.1, 0.15) is 205 Å². The number of benzene rings is 1. The van der Waals surface area contributed by atoms with Gasteiger partial charge in [0.1, 0.15) is 11.7 Å². The van der Waals surface area contributed by atoms with Gasteiger partial charge in [0.2, 0.25) is 0 Å². The molecule has 0 atom stereocenters. The number of nitrogens with zero attached hydrogens (tertiary/aromatic N) is 2. The van der Waals surface area contributed by atoms with Crippen molar-refractivity contribution in [1.29, 1.82) is 0 Å². The van der Waals surface area contributed by atoms with Crippen molar-refractivity contribution in [2.75, 3.05) is 13.1 Å². The zero-order valence-corrected chi connectivity index (χ0v) is 28.9. The maximum Gasteiger partial charge on any atom is 0.134 e. The number of rotatable bonds is 30. The average Bonchev–Trinajstić information content (AvgIpc) is 3.38. The van der Waals surface area contributed by atoms with Crippen molar-refractivity contribution in [3.8, 4) is 0 Å². The van der Waals surface area contributed by atoms with Gasteiger partial charge >= 0.3 is 0 Å². The number of unbranched alkanes of at least 4 members (excludes halogenated alkanes) is 26. The lowest BCUT2D eigenvalue weighted by atomic mass is 10.0. The fourth-order valence-corrected chi connectivity index (χ4v) is 6.39. The lowest BCUT2D eigenvalue weighted by molar-refractivity contribution is 0.536. The van der Waals surface area contributed by atoms with Gasteiger partial charge in [0.05, 0.1) is 0 Å². The second kappa shape index (κ2) is 27.9. The number of hydrogen-bond donors (Lipinski definition) is 1. The molecule has 0 aliphatic carbocycles. The van der Waals surface area contributed by atoms with E-state index in [9.17, 15) is 0 Å². The van der Waals surface area contributed by atoms with Crippen LogP contribution in [0.25, 0.3) is 0 Å². The van der Waals surface area contributed by atoms with E-state index in [1.165, 1.54) is 191 Å². The first-order valence-corrected chi connectivity index (χ1v) is 19.3. The zero-order valence-electron chi connectivity index (χ0n) is 28.9. The van der Waals surface area contributed by atoms with Crippen molar-refractivity contribution in [3.05, 3.63) is 35.4 Å². The average molecular weight is 594 g/mol. The summed E-state index contributed by atoms with van der Waals surface area (Å²) in [7, 11) is 0. The molecular weight excluding hydrogens is 522 g/mol. The van der Waals surface area contributed by atoms with Crippen LogP contribution in [0.2, 0.25) is 0 Å². The molecule has 43 heavy (non-hydrogen) atoms. The molecule has 0 radical (unpaired) electrons. The minimum atomic E-state index is 0.918. The van der Waals surface area contributed by atoms with Crippen molar-refractivity contribution < 1.29 is 0 Å². The Morgan fingerprint density at radius 1 is 0.372 bits per heavy atom. The number of amidine groups is 2. The molecule has 1 N–H and O–H groups in total. The molecule has 1 heterocycles. The molecule has 1 aromatic rings.